The number of esters is 1. The zero-order valence-corrected chi connectivity index (χ0v) is 14.3. The van der Waals surface area contributed by atoms with Crippen LogP contribution >= 0.6 is 11.3 Å². The Morgan fingerprint density at radius 3 is 2.76 bits per heavy atom. The van der Waals surface area contributed by atoms with Gasteiger partial charge in [-0.15, -0.1) is 11.3 Å². The van der Waals surface area contributed by atoms with Gasteiger partial charge in [0.05, 0.1) is 12.8 Å². The molecule has 7 heteroatoms. The van der Waals surface area contributed by atoms with E-state index in [2.05, 4.69) is 9.97 Å². The standard InChI is InChI=1S/C18H15FN2O3S/c1-2-23-15-5-3-13(4-6-15)17-21-16(11-25-17)18(22)24-10-12-7-14(19)9-20-8-12/h3-9,11H,2,10H2,1H3. The summed E-state index contributed by atoms with van der Waals surface area (Å²) in [5, 5.41) is 2.35. The highest BCUT2D eigenvalue weighted by Crippen LogP contribution is 2.26. The second kappa shape index (κ2) is 7.85. The number of aromatic nitrogens is 2. The summed E-state index contributed by atoms with van der Waals surface area (Å²) in [6.07, 6.45) is 2.54. The predicted octanol–water partition coefficient (Wildman–Crippen LogP) is 4.10. The third kappa shape index (κ3) is 4.39. The summed E-state index contributed by atoms with van der Waals surface area (Å²) in [6.45, 7) is 2.47. The fourth-order valence-corrected chi connectivity index (χ4v) is 2.91. The Morgan fingerprint density at radius 1 is 1.24 bits per heavy atom. The van der Waals surface area contributed by atoms with Crippen LogP contribution in [0.15, 0.2) is 48.1 Å². The van der Waals surface area contributed by atoms with E-state index in [0.29, 0.717) is 17.2 Å². The average molecular weight is 358 g/mol. The monoisotopic (exact) mass is 358 g/mol. The van der Waals surface area contributed by atoms with Crippen LogP contribution in [0.5, 0.6) is 5.75 Å². The van der Waals surface area contributed by atoms with Crippen LogP contribution < -0.4 is 4.74 Å². The van der Waals surface area contributed by atoms with Crippen LogP contribution in [0.2, 0.25) is 0 Å². The van der Waals surface area contributed by atoms with Gasteiger partial charge in [-0.25, -0.2) is 14.2 Å². The van der Waals surface area contributed by atoms with Crippen molar-refractivity contribution in [2.24, 2.45) is 0 Å². The van der Waals surface area contributed by atoms with E-state index >= 15 is 0 Å². The van der Waals surface area contributed by atoms with Crippen molar-refractivity contribution < 1.29 is 18.7 Å². The summed E-state index contributed by atoms with van der Waals surface area (Å²) in [5.41, 5.74) is 1.59. The summed E-state index contributed by atoms with van der Waals surface area (Å²) in [5.74, 6) is -0.246. The largest absolute Gasteiger partial charge is 0.494 e. The molecule has 25 heavy (non-hydrogen) atoms. The van der Waals surface area contributed by atoms with E-state index in [0.717, 1.165) is 17.5 Å². The number of pyridine rings is 1. The zero-order chi connectivity index (χ0) is 17.6. The lowest BCUT2D eigenvalue weighted by molar-refractivity contribution is 0.0466. The lowest BCUT2D eigenvalue weighted by Crippen LogP contribution is -2.06. The molecule has 0 fully saturated rings. The molecular weight excluding hydrogens is 343 g/mol. The van der Waals surface area contributed by atoms with E-state index in [9.17, 15) is 9.18 Å². The molecule has 0 saturated carbocycles. The van der Waals surface area contributed by atoms with Crippen molar-refractivity contribution >= 4 is 17.3 Å². The van der Waals surface area contributed by atoms with Crippen LogP contribution in [0.25, 0.3) is 10.6 Å². The van der Waals surface area contributed by atoms with Gasteiger partial charge < -0.3 is 9.47 Å². The SMILES string of the molecule is CCOc1ccc(-c2nc(C(=O)OCc3cncc(F)c3)cs2)cc1. The molecular formula is C18H15FN2O3S. The van der Waals surface area contributed by atoms with E-state index in [-0.39, 0.29) is 12.3 Å². The first-order chi connectivity index (χ1) is 12.2. The van der Waals surface area contributed by atoms with Gasteiger partial charge in [-0.2, -0.15) is 0 Å². The molecule has 2 aromatic heterocycles. The minimum Gasteiger partial charge on any atom is -0.494 e. The minimum absolute atomic E-state index is 0.0560. The molecule has 0 atom stereocenters. The fourth-order valence-electron chi connectivity index (χ4n) is 2.12. The molecule has 5 nitrogen and oxygen atoms in total. The van der Waals surface area contributed by atoms with Crippen LogP contribution in [0.4, 0.5) is 4.39 Å². The van der Waals surface area contributed by atoms with Gasteiger partial charge in [0.2, 0.25) is 0 Å². The normalized spacial score (nSPS) is 10.5. The van der Waals surface area contributed by atoms with Crippen molar-refractivity contribution in [2.75, 3.05) is 6.61 Å². The number of hydrogen-bond donors (Lipinski definition) is 0. The number of thiazole rings is 1. The molecule has 0 aliphatic rings. The fraction of sp³-hybridized carbons (Fsp3) is 0.167. The van der Waals surface area contributed by atoms with Crippen LogP contribution in [-0.2, 0) is 11.3 Å². The third-order valence-corrected chi connectivity index (χ3v) is 4.15. The van der Waals surface area contributed by atoms with Gasteiger partial charge in [0.15, 0.2) is 5.69 Å². The molecule has 0 amide bonds. The summed E-state index contributed by atoms with van der Waals surface area (Å²) in [7, 11) is 0. The summed E-state index contributed by atoms with van der Waals surface area (Å²) in [4.78, 5) is 20.1. The quantitative estimate of drug-likeness (QED) is 0.621. The van der Waals surface area contributed by atoms with Gasteiger partial charge in [0.1, 0.15) is 23.2 Å². The van der Waals surface area contributed by atoms with Crippen LogP contribution in [0.3, 0.4) is 0 Å². The van der Waals surface area contributed by atoms with E-state index in [1.54, 1.807) is 5.38 Å². The second-order valence-corrected chi connectivity index (χ2v) is 5.94. The highest BCUT2D eigenvalue weighted by molar-refractivity contribution is 7.13. The number of nitrogens with zero attached hydrogens (tertiary/aromatic N) is 2. The number of carbonyl (C=O) groups is 1. The molecule has 0 saturated heterocycles. The number of hydrogen-bond acceptors (Lipinski definition) is 6. The molecule has 0 radical (unpaired) electrons. The Balaban J connectivity index is 1.65. The van der Waals surface area contributed by atoms with E-state index in [1.165, 1.54) is 23.6 Å². The number of ether oxygens (including phenoxy) is 2. The maximum Gasteiger partial charge on any atom is 0.358 e. The van der Waals surface area contributed by atoms with Crippen molar-refractivity contribution in [3.8, 4) is 16.3 Å². The third-order valence-electron chi connectivity index (χ3n) is 3.26. The molecule has 3 rings (SSSR count). The molecule has 0 aliphatic carbocycles. The highest BCUT2D eigenvalue weighted by atomic mass is 32.1. The molecule has 0 spiro atoms. The van der Waals surface area contributed by atoms with Crippen molar-refractivity contribution in [3.05, 3.63) is 65.2 Å². The molecule has 0 aliphatic heterocycles. The first-order valence-electron chi connectivity index (χ1n) is 7.61. The number of carbonyl (C=O) groups excluding carboxylic acids is 1. The smallest absolute Gasteiger partial charge is 0.358 e. The van der Waals surface area contributed by atoms with Crippen LogP contribution in [-0.4, -0.2) is 22.5 Å². The Bertz CT molecular complexity index is 865. The predicted molar refractivity (Wildman–Crippen MR) is 92.0 cm³/mol. The van der Waals surface area contributed by atoms with Crippen LogP contribution in [0, 0.1) is 5.82 Å². The Kier molecular flexibility index (Phi) is 5.35. The molecule has 0 N–H and O–H groups in total. The van der Waals surface area contributed by atoms with Gasteiger partial charge in [-0.1, -0.05) is 0 Å². The molecule has 0 unspecified atom stereocenters. The first kappa shape index (κ1) is 17.0. The number of rotatable bonds is 6. The summed E-state index contributed by atoms with van der Waals surface area (Å²) < 4.78 is 23.6. The lowest BCUT2D eigenvalue weighted by Gasteiger charge is -2.03. The average Bonchev–Trinajstić information content (AvgIpc) is 3.11. The second-order valence-electron chi connectivity index (χ2n) is 5.08. The van der Waals surface area contributed by atoms with E-state index in [4.69, 9.17) is 9.47 Å². The van der Waals surface area contributed by atoms with Crippen molar-refractivity contribution in [1.29, 1.82) is 0 Å². The first-order valence-corrected chi connectivity index (χ1v) is 8.49. The van der Waals surface area contributed by atoms with E-state index < -0.39 is 11.8 Å². The van der Waals surface area contributed by atoms with Gasteiger partial charge in [-0.3, -0.25) is 4.98 Å². The van der Waals surface area contributed by atoms with Crippen molar-refractivity contribution in [3.63, 3.8) is 0 Å². The highest BCUT2D eigenvalue weighted by Gasteiger charge is 2.14. The molecule has 2 heterocycles. The Hall–Kier alpha value is -2.80. The minimum atomic E-state index is -0.558. The molecule has 128 valence electrons. The van der Waals surface area contributed by atoms with E-state index in [1.807, 2.05) is 31.2 Å². The van der Waals surface area contributed by atoms with Gasteiger partial charge in [0.25, 0.3) is 0 Å². The Morgan fingerprint density at radius 2 is 2.04 bits per heavy atom. The topological polar surface area (TPSA) is 61.3 Å². The van der Waals surface area contributed by atoms with Crippen LogP contribution in [0.1, 0.15) is 23.0 Å². The maximum absolute atomic E-state index is 13.1. The Labute approximate surface area is 148 Å². The van der Waals surface area contributed by atoms with Gasteiger partial charge in [-0.05, 0) is 37.3 Å². The lowest BCUT2D eigenvalue weighted by atomic mass is 10.2. The molecule has 3 aromatic rings. The van der Waals surface area contributed by atoms with Crippen molar-refractivity contribution in [2.45, 2.75) is 13.5 Å². The number of benzene rings is 1. The zero-order valence-electron chi connectivity index (χ0n) is 13.4. The van der Waals surface area contributed by atoms with Gasteiger partial charge in [0, 0.05) is 22.7 Å². The maximum atomic E-state index is 13.1. The van der Waals surface area contributed by atoms with Crippen molar-refractivity contribution in [1.82, 2.24) is 9.97 Å². The molecule has 0 bridgehead atoms. The van der Waals surface area contributed by atoms with Gasteiger partial charge >= 0.3 is 5.97 Å². The number of halogens is 1. The molecule has 1 aromatic carbocycles. The summed E-state index contributed by atoms with van der Waals surface area (Å²) in [6, 6.07) is 8.76. The summed E-state index contributed by atoms with van der Waals surface area (Å²) >= 11 is 1.35.